The third-order valence-corrected chi connectivity index (χ3v) is 7.68. The fraction of sp³-hybridized carbons (Fsp3) is 0.682. The van der Waals surface area contributed by atoms with Gasteiger partial charge in [-0.15, -0.1) is 0 Å². The van der Waals surface area contributed by atoms with Gasteiger partial charge in [-0.05, 0) is 49.9 Å². The number of unbranched alkanes of at least 4 members (excludes halogenated alkanes) is 7. The molecular formula is C22H35ClN2O3S. The van der Waals surface area contributed by atoms with Gasteiger partial charge in [-0.25, -0.2) is 8.42 Å². The summed E-state index contributed by atoms with van der Waals surface area (Å²) in [6, 6.07) is 5.56. The van der Waals surface area contributed by atoms with Gasteiger partial charge in [0.15, 0.2) is 0 Å². The number of halogens is 1. The van der Waals surface area contributed by atoms with Crippen molar-refractivity contribution in [2.75, 3.05) is 13.1 Å². The fourth-order valence-electron chi connectivity index (χ4n) is 3.78. The first-order valence-corrected chi connectivity index (χ1v) is 12.8. The Morgan fingerprint density at radius 3 is 2.28 bits per heavy atom. The van der Waals surface area contributed by atoms with E-state index in [1.165, 1.54) is 48.5 Å². The highest BCUT2D eigenvalue weighted by molar-refractivity contribution is 7.89. The molecule has 7 heteroatoms. The van der Waals surface area contributed by atoms with Crippen molar-refractivity contribution in [2.45, 2.75) is 88.5 Å². The first-order valence-electron chi connectivity index (χ1n) is 11.0. The van der Waals surface area contributed by atoms with Crippen molar-refractivity contribution in [3.8, 4) is 0 Å². The molecule has 0 spiro atoms. The minimum absolute atomic E-state index is 0.181. The molecule has 1 aromatic carbocycles. The van der Waals surface area contributed by atoms with Crippen LogP contribution >= 0.6 is 11.6 Å². The van der Waals surface area contributed by atoms with Gasteiger partial charge >= 0.3 is 0 Å². The number of rotatable bonds is 12. The average Bonchev–Trinajstić information content (AvgIpc) is 2.91. The molecule has 1 aliphatic heterocycles. The molecule has 1 atom stereocenters. The van der Waals surface area contributed by atoms with Crippen LogP contribution in [0, 0.1) is 0 Å². The van der Waals surface area contributed by atoms with Gasteiger partial charge in [-0.3, -0.25) is 4.79 Å². The van der Waals surface area contributed by atoms with Crippen LogP contribution in [0.25, 0.3) is 0 Å². The Labute approximate surface area is 181 Å². The van der Waals surface area contributed by atoms with E-state index in [4.69, 9.17) is 11.6 Å². The molecule has 0 radical (unpaired) electrons. The van der Waals surface area contributed by atoms with Crippen LogP contribution in [-0.4, -0.2) is 37.8 Å². The lowest BCUT2D eigenvalue weighted by atomic mass is 10.1. The van der Waals surface area contributed by atoms with E-state index in [1.807, 2.05) is 0 Å². The molecule has 0 unspecified atom stereocenters. The van der Waals surface area contributed by atoms with Crippen LogP contribution in [-0.2, 0) is 14.8 Å². The molecule has 164 valence electrons. The van der Waals surface area contributed by atoms with Gasteiger partial charge in [-0.2, -0.15) is 4.31 Å². The number of nitrogens with zero attached hydrogens (tertiary/aromatic N) is 1. The Hall–Kier alpha value is -1.11. The topological polar surface area (TPSA) is 66.5 Å². The maximum absolute atomic E-state index is 13.3. The van der Waals surface area contributed by atoms with Gasteiger partial charge in [0.1, 0.15) is 6.04 Å². The minimum Gasteiger partial charge on any atom is -0.355 e. The van der Waals surface area contributed by atoms with Crippen molar-refractivity contribution in [1.82, 2.24) is 9.62 Å². The van der Waals surface area contributed by atoms with Crippen molar-refractivity contribution in [3.63, 3.8) is 0 Å². The van der Waals surface area contributed by atoms with Crippen LogP contribution in [0.2, 0.25) is 5.02 Å². The fourth-order valence-corrected chi connectivity index (χ4v) is 5.57. The number of hydrogen-bond donors (Lipinski definition) is 1. The van der Waals surface area contributed by atoms with E-state index in [0.717, 1.165) is 32.1 Å². The second-order valence-corrected chi connectivity index (χ2v) is 10.2. The molecule has 1 amide bonds. The lowest BCUT2D eigenvalue weighted by molar-refractivity contribution is -0.124. The molecule has 0 aliphatic carbocycles. The SMILES string of the molecule is CCCCCCCCCCN([C@@H]1CCCCNC1=O)S(=O)(=O)c1ccc(Cl)cc1. The second kappa shape index (κ2) is 12.6. The van der Waals surface area contributed by atoms with E-state index in [0.29, 0.717) is 24.5 Å². The Balaban J connectivity index is 2.05. The highest BCUT2D eigenvalue weighted by Crippen LogP contribution is 2.24. The Morgan fingerprint density at radius 1 is 1.00 bits per heavy atom. The number of hydrogen-bond acceptors (Lipinski definition) is 3. The molecule has 29 heavy (non-hydrogen) atoms. The summed E-state index contributed by atoms with van der Waals surface area (Å²) in [5, 5.41) is 3.36. The van der Waals surface area contributed by atoms with E-state index in [1.54, 1.807) is 12.1 Å². The standard InChI is InChI=1S/C22H35ClN2O3S/c1-2-3-4-5-6-7-8-11-18-25(21-12-9-10-17-24-22(21)26)29(27,28)20-15-13-19(23)14-16-20/h13-16,21H,2-12,17-18H2,1H3,(H,24,26)/t21-/m1/s1. The van der Waals surface area contributed by atoms with Crippen molar-refractivity contribution in [2.24, 2.45) is 0 Å². The molecule has 0 saturated carbocycles. The quantitative estimate of drug-likeness (QED) is 0.455. The normalized spacial score (nSPS) is 17.9. The highest BCUT2D eigenvalue weighted by Gasteiger charge is 2.35. The van der Waals surface area contributed by atoms with Crippen molar-refractivity contribution >= 4 is 27.5 Å². The smallest absolute Gasteiger partial charge is 0.243 e. The van der Waals surface area contributed by atoms with Gasteiger partial charge in [0.25, 0.3) is 0 Å². The van der Waals surface area contributed by atoms with Crippen LogP contribution in [0.1, 0.15) is 77.6 Å². The number of carbonyl (C=O) groups excluding carboxylic acids is 1. The van der Waals surface area contributed by atoms with Gasteiger partial charge in [0.05, 0.1) is 4.90 Å². The Kier molecular flexibility index (Phi) is 10.5. The van der Waals surface area contributed by atoms with Crippen molar-refractivity contribution in [1.29, 1.82) is 0 Å². The molecule has 0 aromatic heterocycles. The van der Waals surface area contributed by atoms with E-state index in [-0.39, 0.29) is 10.8 Å². The zero-order valence-corrected chi connectivity index (χ0v) is 19.1. The maximum atomic E-state index is 13.3. The third-order valence-electron chi connectivity index (χ3n) is 5.51. The first kappa shape index (κ1) is 24.2. The van der Waals surface area contributed by atoms with Gasteiger partial charge in [0.2, 0.25) is 15.9 Å². The van der Waals surface area contributed by atoms with Crippen molar-refractivity contribution < 1.29 is 13.2 Å². The van der Waals surface area contributed by atoms with Crippen LogP contribution in [0.15, 0.2) is 29.2 Å². The molecule has 2 rings (SSSR count). The summed E-state index contributed by atoms with van der Waals surface area (Å²) in [5.74, 6) is -0.181. The molecule has 1 saturated heterocycles. The number of benzene rings is 1. The Bertz CT molecular complexity index is 722. The van der Waals surface area contributed by atoms with Gasteiger partial charge < -0.3 is 5.32 Å². The molecular weight excluding hydrogens is 408 g/mol. The summed E-state index contributed by atoms with van der Waals surface area (Å²) in [6.07, 6.45) is 11.4. The third kappa shape index (κ3) is 7.58. The monoisotopic (exact) mass is 442 g/mol. The summed E-state index contributed by atoms with van der Waals surface area (Å²) in [7, 11) is -3.76. The zero-order chi connectivity index (χ0) is 21.1. The predicted octanol–water partition coefficient (Wildman–Crippen LogP) is 5.14. The second-order valence-electron chi connectivity index (χ2n) is 7.85. The van der Waals surface area contributed by atoms with Crippen LogP contribution < -0.4 is 5.32 Å². The molecule has 5 nitrogen and oxygen atoms in total. The zero-order valence-electron chi connectivity index (χ0n) is 17.5. The predicted molar refractivity (Wildman–Crippen MR) is 119 cm³/mol. The molecule has 1 heterocycles. The highest BCUT2D eigenvalue weighted by atomic mass is 35.5. The lowest BCUT2D eigenvalue weighted by Crippen LogP contribution is -2.49. The first-order chi connectivity index (χ1) is 14.0. The molecule has 1 fully saturated rings. The number of carbonyl (C=O) groups is 1. The Morgan fingerprint density at radius 2 is 1.62 bits per heavy atom. The molecule has 0 bridgehead atoms. The minimum atomic E-state index is -3.76. The van der Waals surface area contributed by atoms with Gasteiger partial charge in [-0.1, -0.05) is 63.5 Å². The molecule has 1 aromatic rings. The van der Waals surface area contributed by atoms with Crippen LogP contribution in [0.5, 0.6) is 0 Å². The van der Waals surface area contributed by atoms with E-state index in [9.17, 15) is 13.2 Å². The average molecular weight is 443 g/mol. The van der Waals surface area contributed by atoms with E-state index < -0.39 is 16.1 Å². The largest absolute Gasteiger partial charge is 0.355 e. The summed E-state index contributed by atoms with van der Waals surface area (Å²) in [6.45, 7) is 3.19. The number of sulfonamides is 1. The summed E-state index contributed by atoms with van der Waals surface area (Å²) in [5.41, 5.74) is 0. The van der Waals surface area contributed by atoms with Crippen molar-refractivity contribution in [3.05, 3.63) is 29.3 Å². The summed E-state index contributed by atoms with van der Waals surface area (Å²) in [4.78, 5) is 12.8. The van der Waals surface area contributed by atoms with Gasteiger partial charge in [0, 0.05) is 18.1 Å². The summed E-state index contributed by atoms with van der Waals surface area (Å²) >= 11 is 5.93. The van der Waals surface area contributed by atoms with Crippen LogP contribution in [0.3, 0.4) is 0 Å². The molecule has 1 N–H and O–H groups in total. The maximum Gasteiger partial charge on any atom is 0.243 e. The lowest BCUT2D eigenvalue weighted by Gasteiger charge is -2.29. The van der Waals surface area contributed by atoms with Crippen LogP contribution in [0.4, 0.5) is 0 Å². The van der Waals surface area contributed by atoms with E-state index >= 15 is 0 Å². The summed E-state index contributed by atoms with van der Waals surface area (Å²) < 4.78 is 28.1. The number of amides is 1. The number of nitrogens with one attached hydrogen (secondary N) is 1. The molecule has 1 aliphatic rings. The van der Waals surface area contributed by atoms with E-state index in [2.05, 4.69) is 12.2 Å².